The average Bonchev–Trinajstić information content (AvgIpc) is 2.75. The van der Waals surface area contributed by atoms with Gasteiger partial charge in [0, 0.05) is 18.2 Å². The Kier molecular flexibility index (Phi) is 4.21. The van der Waals surface area contributed by atoms with Crippen molar-refractivity contribution in [3.8, 4) is 6.07 Å². The molecule has 0 saturated carbocycles. The van der Waals surface area contributed by atoms with Crippen LogP contribution in [0.3, 0.4) is 0 Å². The summed E-state index contributed by atoms with van der Waals surface area (Å²) in [6, 6.07) is 8.34. The van der Waals surface area contributed by atoms with E-state index in [0.29, 0.717) is 17.7 Å². The Labute approximate surface area is 118 Å². The van der Waals surface area contributed by atoms with E-state index in [-0.39, 0.29) is 11.9 Å². The van der Waals surface area contributed by atoms with Gasteiger partial charge in [0.2, 0.25) is 0 Å². The van der Waals surface area contributed by atoms with E-state index in [4.69, 9.17) is 9.68 Å². The van der Waals surface area contributed by atoms with Gasteiger partial charge < -0.3 is 9.73 Å². The summed E-state index contributed by atoms with van der Waals surface area (Å²) in [5, 5.41) is 12.3. The number of halogens is 1. The quantitative estimate of drug-likeness (QED) is 0.922. The number of nitriles is 1. The van der Waals surface area contributed by atoms with E-state index in [0.717, 1.165) is 17.1 Å². The SMILES string of the molecule is Cc1cc(C(C)NCc2cc(F)ccc2C#N)c(C)o1. The highest BCUT2D eigenvalue weighted by Crippen LogP contribution is 2.22. The Morgan fingerprint density at radius 3 is 2.70 bits per heavy atom. The van der Waals surface area contributed by atoms with Crippen molar-refractivity contribution in [2.75, 3.05) is 0 Å². The number of hydrogen-bond acceptors (Lipinski definition) is 3. The summed E-state index contributed by atoms with van der Waals surface area (Å²) in [4.78, 5) is 0. The molecule has 0 aliphatic carbocycles. The lowest BCUT2D eigenvalue weighted by Gasteiger charge is -2.14. The Hall–Kier alpha value is -2.12. The average molecular weight is 272 g/mol. The second kappa shape index (κ2) is 5.89. The van der Waals surface area contributed by atoms with E-state index in [1.54, 1.807) is 0 Å². The Bertz CT molecular complexity index is 655. The first kappa shape index (κ1) is 14.3. The van der Waals surface area contributed by atoms with E-state index in [1.165, 1.54) is 18.2 Å². The second-order valence-corrected chi connectivity index (χ2v) is 4.88. The van der Waals surface area contributed by atoms with Crippen LogP contribution in [0.25, 0.3) is 0 Å². The molecule has 0 fully saturated rings. The molecule has 1 N–H and O–H groups in total. The summed E-state index contributed by atoms with van der Waals surface area (Å²) in [7, 11) is 0. The molecule has 3 nitrogen and oxygen atoms in total. The predicted molar refractivity (Wildman–Crippen MR) is 74.6 cm³/mol. The van der Waals surface area contributed by atoms with Crippen LogP contribution >= 0.6 is 0 Å². The van der Waals surface area contributed by atoms with Gasteiger partial charge >= 0.3 is 0 Å². The fourth-order valence-electron chi connectivity index (χ4n) is 2.27. The first-order chi connectivity index (χ1) is 9.51. The van der Waals surface area contributed by atoms with Crippen LogP contribution in [0, 0.1) is 31.0 Å². The van der Waals surface area contributed by atoms with Crippen LogP contribution in [0.5, 0.6) is 0 Å². The summed E-state index contributed by atoms with van der Waals surface area (Å²) in [5.74, 6) is 1.42. The molecule has 4 heteroatoms. The third kappa shape index (κ3) is 3.06. The maximum atomic E-state index is 13.2. The zero-order valence-corrected chi connectivity index (χ0v) is 11.8. The lowest BCUT2D eigenvalue weighted by atomic mass is 10.1. The monoisotopic (exact) mass is 272 g/mol. The molecule has 1 aromatic carbocycles. The van der Waals surface area contributed by atoms with E-state index in [2.05, 4.69) is 11.4 Å². The van der Waals surface area contributed by atoms with Crippen LogP contribution in [0.2, 0.25) is 0 Å². The molecule has 20 heavy (non-hydrogen) atoms. The van der Waals surface area contributed by atoms with Gasteiger partial charge in [-0.05, 0) is 50.6 Å². The molecule has 2 aromatic rings. The van der Waals surface area contributed by atoms with E-state index in [1.807, 2.05) is 26.8 Å². The molecular weight excluding hydrogens is 255 g/mol. The molecule has 2 rings (SSSR count). The molecule has 104 valence electrons. The van der Waals surface area contributed by atoms with Crippen LogP contribution in [-0.4, -0.2) is 0 Å². The Morgan fingerprint density at radius 1 is 1.35 bits per heavy atom. The smallest absolute Gasteiger partial charge is 0.123 e. The zero-order chi connectivity index (χ0) is 14.7. The van der Waals surface area contributed by atoms with E-state index in [9.17, 15) is 4.39 Å². The molecular formula is C16H17FN2O. The Morgan fingerprint density at radius 2 is 2.10 bits per heavy atom. The van der Waals surface area contributed by atoms with Gasteiger partial charge in [0.25, 0.3) is 0 Å². The first-order valence-electron chi connectivity index (χ1n) is 6.50. The van der Waals surface area contributed by atoms with Crippen LogP contribution in [0.4, 0.5) is 4.39 Å². The zero-order valence-electron chi connectivity index (χ0n) is 11.8. The third-order valence-electron chi connectivity index (χ3n) is 3.33. The van der Waals surface area contributed by atoms with Gasteiger partial charge in [-0.3, -0.25) is 0 Å². The van der Waals surface area contributed by atoms with Gasteiger partial charge in [0.15, 0.2) is 0 Å². The van der Waals surface area contributed by atoms with Crippen molar-refractivity contribution in [3.05, 3.63) is 58.3 Å². The number of nitrogens with zero attached hydrogens (tertiary/aromatic N) is 1. The van der Waals surface area contributed by atoms with E-state index >= 15 is 0 Å². The molecule has 0 spiro atoms. The number of rotatable bonds is 4. The molecule has 0 bridgehead atoms. The molecule has 1 heterocycles. The summed E-state index contributed by atoms with van der Waals surface area (Å²) in [6.45, 7) is 6.28. The van der Waals surface area contributed by atoms with Gasteiger partial charge in [-0.15, -0.1) is 0 Å². The van der Waals surface area contributed by atoms with Crippen LogP contribution < -0.4 is 5.32 Å². The van der Waals surface area contributed by atoms with Crippen molar-refractivity contribution in [2.45, 2.75) is 33.4 Å². The van der Waals surface area contributed by atoms with Crippen molar-refractivity contribution < 1.29 is 8.81 Å². The molecule has 0 amide bonds. The fraction of sp³-hybridized carbons (Fsp3) is 0.312. The predicted octanol–water partition coefficient (Wildman–Crippen LogP) is 3.76. The number of hydrogen-bond donors (Lipinski definition) is 1. The lowest BCUT2D eigenvalue weighted by Crippen LogP contribution is -2.19. The van der Waals surface area contributed by atoms with Crippen molar-refractivity contribution in [2.24, 2.45) is 0 Å². The minimum atomic E-state index is -0.330. The van der Waals surface area contributed by atoms with Crippen LogP contribution in [0.15, 0.2) is 28.7 Å². The van der Waals surface area contributed by atoms with Gasteiger partial charge in [-0.25, -0.2) is 4.39 Å². The fourth-order valence-corrected chi connectivity index (χ4v) is 2.27. The van der Waals surface area contributed by atoms with E-state index < -0.39 is 0 Å². The number of nitrogens with one attached hydrogen (secondary N) is 1. The third-order valence-corrected chi connectivity index (χ3v) is 3.33. The van der Waals surface area contributed by atoms with Crippen LogP contribution in [-0.2, 0) is 6.54 Å². The van der Waals surface area contributed by atoms with Crippen molar-refractivity contribution in [1.82, 2.24) is 5.32 Å². The maximum absolute atomic E-state index is 13.2. The highest BCUT2D eigenvalue weighted by atomic mass is 19.1. The number of furan rings is 1. The van der Waals surface area contributed by atoms with Crippen molar-refractivity contribution in [1.29, 1.82) is 5.26 Å². The Balaban J connectivity index is 2.11. The van der Waals surface area contributed by atoms with Gasteiger partial charge in [-0.1, -0.05) is 0 Å². The molecule has 0 saturated heterocycles. The second-order valence-electron chi connectivity index (χ2n) is 4.88. The molecule has 1 aromatic heterocycles. The summed E-state index contributed by atoms with van der Waals surface area (Å²) >= 11 is 0. The molecule has 1 unspecified atom stereocenters. The summed E-state index contributed by atoms with van der Waals surface area (Å²) in [6.07, 6.45) is 0. The van der Waals surface area contributed by atoms with Gasteiger partial charge in [0.05, 0.1) is 11.6 Å². The lowest BCUT2D eigenvalue weighted by molar-refractivity contribution is 0.489. The number of aryl methyl sites for hydroxylation is 2. The topological polar surface area (TPSA) is 49.0 Å². The summed E-state index contributed by atoms with van der Waals surface area (Å²) in [5.41, 5.74) is 2.24. The molecule has 1 atom stereocenters. The number of benzene rings is 1. The largest absolute Gasteiger partial charge is 0.466 e. The normalized spacial score (nSPS) is 12.2. The molecule has 0 aliphatic rings. The van der Waals surface area contributed by atoms with Gasteiger partial charge in [-0.2, -0.15) is 5.26 Å². The minimum Gasteiger partial charge on any atom is -0.466 e. The summed E-state index contributed by atoms with van der Waals surface area (Å²) < 4.78 is 18.7. The standard InChI is InChI=1S/C16H17FN2O/c1-10-6-16(12(3)20-10)11(2)19-9-14-7-15(17)5-4-13(14)8-18/h4-7,11,19H,9H2,1-3H3. The molecule has 0 aliphatic heterocycles. The first-order valence-corrected chi connectivity index (χ1v) is 6.50. The van der Waals surface area contributed by atoms with Crippen molar-refractivity contribution in [3.63, 3.8) is 0 Å². The maximum Gasteiger partial charge on any atom is 0.123 e. The molecule has 0 radical (unpaired) electrons. The minimum absolute atomic E-state index is 0.0715. The van der Waals surface area contributed by atoms with Crippen molar-refractivity contribution >= 4 is 0 Å². The highest BCUT2D eigenvalue weighted by molar-refractivity contribution is 5.38. The van der Waals surface area contributed by atoms with Crippen LogP contribution in [0.1, 0.15) is 41.2 Å². The highest BCUT2D eigenvalue weighted by Gasteiger charge is 2.13. The van der Waals surface area contributed by atoms with Gasteiger partial charge in [0.1, 0.15) is 17.3 Å².